The Hall–Kier alpha value is -0.520. The maximum atomic E-state index is 8.93. The molecule has 46 valence electrons. The molecule has 0 spiro atoms. The largest absolute Gasteiger partial charge is 0.365 e. The quantitative estimate of drug-likeness (QED) is 0.373. The van der Waals surface area contributed by atoms with Crippen LogP contribution < -0.4 is 5.73 Å². The van der Waals surface area contributed by atoms with Crippen molar-refractivity contribution in [1.82, 2.24) is 0 Å². The number of aliphatic hydroxyl groups is 1. The first-order chi connectivity index (χ1) is 3.62. The normalized spacial score (nSPS) is 16.0. The van der Waals surface area contributed by atoms with E-state index in [-0.39, 0.29) is 0 Å². The molecule has 0 rings (SSSR count). The van der Waals surface area contributed by atoms with Gasteiger partial charge >= 0.3 is 0 Å². The molecule has 0 saturated carbocycles. The summed E-state index contributed by atoms with van der Waals surface area (Å²) in [6, 6.07) is 0. The van der Waals surface area contributed by atoms with E-state index >= 15 is 0 Å². The molecule has 0 aromatic rings. The van der Waals surface area contributed by atoms with Gasteiger partial charge in [-0.1, -0.05) is 12.8 Å². The van der Waals surface area contributed by atoms with E-state index in [4.69, 9.17) is 10.8 Å². The molecule has 8 heavy (non-hydrogen) atoms. The van der Waals surface area contributed by atoms with Crippen molar-refractivity contribution in [3.63, 3.8) is 0 Å². The molecule has 0 aliphatic heterocycles. The van der Waals surface area contributed by atoms with Crippen LogP contribution in [-0.2, 0) is 0 Å². The Labute approximate surface area is 49.7 Å². The third kappa shape index (κ3) is 2.62. The molecule has 0 fully saturated rings. The lowest BCUT2D eigenvalue weighted by molar-refractivity contribution is 0.105. The van der Waals surface area contributed by atoms with Crippen LogP contribution in [0.5, 0.6) is 0 Å². The van der Waals surface area contributed by atoms with Gasteiger partial charge in [0.05, 0.1) is 0 Å². The molecule has 0 aliphatic rings. The third-order valence-electron chi connectivity index (χ3n) is 0.880. The van der Waals surface area contributed by atoms with Gasteiger partial charge in [-0.3, -0.25) is 5.73 Å². The summed E-state index contributed by atoms with van der Waals surface area (Å²) in [6.45, 7) is 3.43. The Morgan fingerprint density at radius 1 is 1.75 bits per heavy atom. The summed E-state index contributed by atoms with van der Waals surface area (Å²) in [5, 5.41) is 8.93. The highest BCUT2D eigenvalue weighted by Crippen LogP contribution is 1.96. The van der Waals surface area contributed by atoms with Gasteiger partial charge in [-0.25, -0.2) is 0 Å². The molecule has 0 saturated heterocycles. The zero-order valence-electron chi connectivity index (χ0n) is 5.23. The Balaban J connectivity index is 3.85. The lowest BCUT2D eigenvalue weighted by atomic mass is 10.2. The predicted octanol–water partition coefficient (Wildman–Crippen LogP) is 0.0670. The topological polar surface area (TPSA) is 46.2 Å². The fourth-order valence-corrected chi connectivity index (χ4v) is 0.305. The average Bonchev–Trinajstić information content (AvgIpc) is 1.67. The van der Waals surface area contributed by atoms with E-state index in [1.807, 2.05) is 0 Å². The molecule has 0 aromatic heterocycles. The lowest BCUT2D eigenvalue weighted by Gasteiger charge is -2.11. The van der Waals surface area contributed by atoms with Crippen LogP contribution in [0, 0.1) is 11.8 Å². The van der Waals surface area contributed by atoms with E-state index in [0.717, 1.165) is 0 Å². The molecule has 0 aromatic carbocycles. The monoisotopic (exact) mass is 113 g/mol. The SMILES string of the molecule is CC#CC(N)(O)CC. The Morgan fingerprint density at radius 3 is 2.38 bits per heavy atom. The highest BCUT2D eigenvalue weighted by atomic mass is 16.3. The van der Waals surface area contributed by atoms with Crippen LogP contribution in [0.1, 0.15) is 20.3 Å². The second-order valence-corrected chi connectivity index (χ2v) is 1.65. The minimum atomic E-state index is -1.27. The summed E-state index contributed by atoms with van der Waals surface area (Å²) >= 11 is 0. The molecule has 1 atom stereocenters. The van der Waals surface area contributed by atoms with Crippen molar-refractivity contribution in [2.24, 2.45) is 5.73 Å². The average molecular weight is 113 g/mol. The second kappa shape index (κ2) is 2.71. The molecule has 2 nitrogen and oxygen atoms in total. The summed E-state index contributed by atoms with van der Waals surface area (Å²) < 4.78 is 0. The summed E-state index contributed by atoms with van der Waals surface area (Å²) in [6.07, 6.45) is 0.466. The predicted molar refractivity (Wildman–Crippen MR) is 32.9 cm³/mol. The van der Waals surface area contributed by atoms with Crippen molar-refractivity contribution in [2.75, 3.05) is 0 Å². The van der Waals surface area contributed by atoms with E-state index < -0.39 is 5.72 Å². The molecule has 0 radical (unpaired) electrons. The van der Waals surface area contributed by atoms with E-state index in [2.05, 4.69) is 11.8 Å². The van der Waals surface area contributed by atoms with Crippen LogP contribution in [0.2, 0.25) is 0 Å². The van der Waals surface area contributed by atoms with Gasteiger partial charge in [0.2, 0.25) is 0 Å². The number of nitrogens with two attached hydrogens (primary N) is 1. The molecule has 1 unspecified atom stereocenters. The number of hydrogen-bond donors (Lipinski definition) is 2. The van der Waals surface area contributed by atoms with Crippen LogP contribution in [0.25, 0.3) is 0 Å². The summed E-state index contributed by atoms with van der Waals surface area (Å²) in [7, 11) is 0. The van der Waals surface area contributed by atoms with Crippen molar-refractivity contribution < 1.29 is 5.11 Å². The van der Waals surface area contributed by atoms with Crippen LogP contribution in [0.15, 0.2) is 0 Å². The summed E-state index contributed by atoms with van der Waals surface area (Å²) in [5.74, 6) is 4.99. The van der Waals surface area contributed by atoms with Crippen molar-refractivity contribution in [1.29, 1.82) is 0 Å². The third-order valence-corrected chi connectivity index (χ3v) is 0.880. The Kier molecular flexibility index (Phi) is 2.53. The van der Waals surface area contributed by atoms with Gasteiger partial charge in [0.1, 0.15) is 0 Å². The number of rotatable bonds is 1. The van der Waals surface area contributed by atoms with Gasteiger partial charge in [-0.05, 0) is 13.3 Å². The van der Waals surface area contributed by atoms with Gasteiger partial charge in [0, 0.05) is 0 Å². The minimum absolute atomic E-state index is 0.466. The first kappa shape index (κ1) is 7.48. The van der Waals surface area contributed by atoms with Crippen molar-refractivity contribution in [3.8, 4) is 11.8 Å². The molecule has 0 aliphatic carbocycles. The number of hydrogen-bond acceptors (Lipinski definition) is 2. The summed E-state index contributed by atoms with van der Waals surface area (Å²) in [5.41, 5.74) is 3.94. The van der Waals surface area contributed by atoms with E-state index in [1.165, 1.54) is 0 Å². The Bertz CT molecular complexity index is 118. The smallest absolute Gasteiger partial charge is 0.176 e. The zero-order valence-corrected chi connectivity index (χ0v) is 5.23. The van der Waals surface area contributed by atoms with Crippen molar-refractivity contribution in [3.05, 3.63) is 0 Å². The Morgan fingerprint density at radius 2 is 2.25 bits per heavy atom. The molecule has 3 N–H and O–H groups in total. The fraction of sp³-hybridized carbons (Fsp3) is 0.667. The molecular weight excluding hydrogens is 102 g/mol. The zero-order chi connectivity index (χ0) is 6.62. The molecular formula is C6H11NO. The van der Waals surface area contributed by atoms with Gasteiger partial charge in [0.25, 0.3) is 0 Å². The second-order valence-electron chi connectivity index (χ2n) is 1.65. The highest BCUT2D eigenvalue weighted by Gasteiger charge is 2.11. The van der Waals surface area contributed by atoms with Crippen molar-refractivity contribution in [2.45, 2.75) is 26.0 Å². The standard InChI is InChI=1S/C6H11NO/c1-3-5-6(7,8)4-2/h8H,4,7H2,1-2H3. The molecule has 2 heteroatoms. The van der Waals surface area contributed by atoms with Gasteiger partial charge in [0.15, 0.2) is 5.72 Å². The highest BCUT2D eigenvalue weighted by molar-refractivity contribution is 5.08. The van der Waals surface area contributed by atoms with Crippen LogP contribution in [0.4, 0.5) is 0 Å². The first-order valence-electron chi connectivity index (χ1n) is 2.57. The molecule has 0 amide bonds. The fourth-order valence-electron chi connectivity index (χ4n) is 0.305. The van der Waals surface area contributed by atoms with E-state index in [1.54, 1.807) is 13.8 Å². The van der Waals surface area contributed by atoms with Gasteiger partial charge in [-0.2, -0.15) is 0 Å². The molecule has 0 bridgehead atoms. The summed E-state index contributed by atoms with van der Waals surface area (Å²) in [4.78, 5) is 0. The minimum Gasteiger partial charge on any atom is -0.365 e. The van der Waals surface area contributed by atoms with E-state index in [0.29, 0.717) is 6.42 Å². The first-order valence-corrected chi connectivity index (χ1v) is 2.57. The van der Waals surface area contributed by atoms with Crippen LogP contribution in [-0.4, -0.2) is 10.8 Å². The maximum Gasteiger partial charge on any atom is 0.176 e. The lowest BCUT2D eigenvalue weighted by Crippen LogP contribution is -2.36. The van der Waals surface area contributed by atoms with Crippen molar-refractivity contribution >= 4 is 0 Å². The van der Waals surface area contributed by atoms with Gasteiger partial charge in [-0.15, -0.1) is 5.92 Å². The van der Waals surface area contributed by atoms with Crippen LogP contribution >= 0.6 is 0 Å². The van der Waals surface area contributed by atoms with E-state index in [9.17, 15) is 0 Å². The van der Waals surface area contributed by atoms with Crippen LogP contribution in [0.3, 0.4) is 0 Å². The van der Waals surface area contributed by atoms with Gasteiger partial charge < -0.3 is 5.11 Å². The molecule has 0 heterocycles. The maximum absolute atomic E-state index is 8.93.